The van der Waals surface area contributed by atoms with E-state index in [-0.39, 0.29) is 12.3 Å². The standard InChI is InChI=1S/C23H24N4O2S/c1-16-4-2-6-18(12-16)21(27-23(24)29)13-22(28)26-19-7-9-20(10-8-19)30-15-17-5-3-11-25-14-17/h2-12,14,21H,13,15H2,1H3,(H,26,28)(H3,24,27,29)/t21-/m1/s1. The van der Waals surface area contributed by atoms with Gasteiger partial charge in [-0.15, -0.1) is 11.8 Å². The SMILES string of the molecule is Cc1cccc([C@@H](CC(=O)Nc2ccc(SCc3cccnc3)cc2)NC(N)=O)c1. The lowest BCUT2D eigenvalue weighted by atomic mass is 10.0. The molecular weight excluding hydrogens is 396 g/mol. The number of carbonyl (C=O) groups is 2. The van der Waals surface area contributed by atoms with Gasteiger partial charge in [-0.05, 0) is 48.4 Å². The minimum absolute atomic E-state index is 0.0872. The number of pyridine rings is 1. The zero-order chi connectivity index (χ0) is 21.3. The van der Waals surface area contributed by atoms with E-state index in [1.54, 1.807) is 18.0 Å². The number of rotatable bonds is 8. The summed E-state index contributed by atoms with van der Waals surface area (Å²) in [6.45, 7) is 1.96. The van der Waals surface area contributed by atoms with Gasteiger partial charge in [-0.3, -0.25) is 9.78 Å². The van der Waals surface area contributed by atoms with E-state index in [1.165, 1.54) is 0 Å². The number of aromatic nitrogens is 1. The molecule has 0 bridgehead atoms. The van der Waals surface area contributed by atoms with Crippen molar-refractivity contribution < 1.29 is 9.59 Å². The Hall–Kier alpha value is -3.32. The summed E-state index contributed by atoms with van der Waals surface area (Å²) in [6, 6.07) is 18.1. The van der Waals surface area contributed by atoms with Crippen molar-refractivity contribution in [3.63, 3.8) is 0 Å². The van der Waals surface area contributed by atoms with E-state index in [2.05, 4.69) is 15.6 Å². The van der Waals surface area contributed by atoms with Crippen molar-refractivity contribution in [2.75, 3.05) is 5.32 Å². The Kier molecular flexibility index (Phi) is 7.45. The van der Waals surface area contributed by atoms with E-state index >= 15 is 0 Å². The minimum Gasteiger partial charge on any atom is -0.352 e. The Morgan fingerprint density at radius 2 is 1.90 bits per heavy atom. The molecule has 0 unspecified atom stereocenters. The summed E-state index contributed by atoms with van der Waals surface area (Å²) < 4.78 is 0. The van der Waals surface area contributed by atoms with Crippen LogP contribution < -0.4 is 16.4 Å². The molecule has 0 spiro atoms. The summed E-state index contributed by atoms with van der Waals surface area (Å²) in [5, 5.41) is 5.53. The molecule has 0 radical (unpaired) electrons. The average molecular weight is 421 g/mol. The van der Waals surface area contributed by atoms with Crippen LogP contribution in [0.5, 0.6) is 0 Å². The highest BCUT2D eigenvalue weighted by Gasteiger charge is 2.17. The van der Waals surface area contributed by atoms with Crippen LogP contribution in [-0.2, 0) is 10.5 Å². The molecule has 3 amide bonds. The summed E-state index contributed by atoms with van der Waals surface area (Å²) in [6.07, 6.45) is 3.70. The summed E-state index contributed by atoms with van der Waals surface area (Å²) in [4.78, 5) is 29.1. The maximum atomic E-state index is 12.5. The first kappa shape index (κ1) is 21.4. The highest BCUT2D eigenvalue weighted by atomic mass is 32.2. The lowest BCUT2D eigenvalue weighted by Crippen LogP contribution is -2.35. The van der Waals surface area contributed by atoms with Crippen molar-refractivity contribution in [3.8, 4) is 0 Å². The lowest BCUT2D eigenvalue weighted by molar-refractivity contribution is -0.116. The minimum atomic E-state index is -0.663. The Balaban J connectivity index is 1.58. The largest absolute Gasteiger partial charge is 0.352 e. The number of nitrogens with zero attached hydrogens (tertiary/aromatic N) is 1. The van der Waals surface area contributed by atoms with Gasteiger partial charge in [0.25, 0.3) is 0 Å². The quantitative estimate of drug-likeness (QED) is 0.470. The highest BCUT2D eigenvalue weighted by molar-refractivity contribution is 7.98. The molecule has 0 aliphatic rings. The lowest BCUT2D eigenvalue weighted by Gasteiger charge is -2.18. The van der Waals surface area contributed by atoms with Gasteiger partial charge in [-0.2, -0.15) is 0 Å². The molecule has 1 atom stereocenters. The Morgan fingerprint density at radius 3 is 2.57 bits per heavy atom. The van der Waals surface area contributed by atoms with Crippen LogP contribution >= 0.6 is 11.8 Å². The fraction of sp³-hybridized carbons (Fsp3) is 0.174. The van der Waals surface area contributed by atoms with E-state index in [9.17, 15) is 9.59 Å². The molecular formula is C23H24N4O2S. The van der Waals surface area contributed by atoms with Crippen LogP contribution in [0.2, 0.25) is 0 Å². The molecule has 0 saturated heterocycles. The topological polar surface area (TPSA) is 97.1 Å². The number of aryl methyl sites for hydroxylation is 1. The van der Waals surface area contributed by atoms with Crippen LogP contribution in [0.1, 0.15) is 29.2 Å². The molecule has 0 fully saturated rings. The molecule has 3 aromatic rings. The normalized spacial score (nSPS) is 11.5. The number of carbonyl (C=O) groups excluding carboxylic acids is 2. The van der Waals surface area contributed by atoms with Gasteiger partial charge in [-0.25, -0.2) is 4.79 Å². The monoisotopic (exact) mass is 420 g/mol. The summed E-state index contributed by atoms with van der Waals surface area (Å²) in [5.41, 5.74) is 9.04. The van der Waals surface area contributed by atoms with Gasteiger partial charge in [0.2, 0.25) is 5.91 Å². The summed E-state index contributed by atoms with van der Waals surface area (Å²) in [5.74, 6) is 0.627. The van der Waals surface area contributed by atoms with Crippen molar-refractivity contribution in [1.82, 2.24) is 10.3 Å². The molecule has 3 rings (SSSR count). The second-order valence-corrected chi connectivity index (χ2v) is 7.95. The summed E-state index contributed by atoms with van der Waals surface area (Å²) >= 11 is 1.70. The third-order valence-electron chi connectivity index (χ3n) is 4.42. The number of amides is 3. The number of hydrogen-bond donors (Lipinski definition) is 3. The molecule has 1 aromatic heterocycles. The number of anilines is 1. The van der Waals surface area contributed by atoms with Crippen molar-refractivity contribution >= 4 is 29.4 Å². The molecule has 0 aliphatic carbocycles. The third-order valence-corrected chi connectivity index (χ3v) is 5.50. The highest BCUT2D eigenvalue weighted by Crippen LogP contribution is 2.24. The van der Waals surface area contributed by atoms with Crippen LogP contribution in [0.4, 0.5) is 10.5 Å². The first-order valence-corrected chi connectivity index (χ1v) is 10.5. The van der Waals surface area contributed by atoms with Crippen LogP contribution in [0.25, 0.3) is 0 Å². The molecule has 2 aromatic carbocycles. The molecule has 4 N–H and O–H groups in total. The fourth-order valence-corrected chi connectivity index (χ4v) is 3.83. The van der Waals surface area contributed by atoms with Gasteiger partial charge < -0.3 is 16.4 Å². The number of nitrogens with one attached hydrogen (secondary N) is 2. The van der Waals surface area contributed by atoms with Gasteiger partial charge in [0, 0.05) is 28.7 Å². The van der Waals surface area contributed by atoms with Crippen molar-refractivity contribution in [2.24, 2.45) is 5.73 Å². The Morgan fingerprint density at radius 1 is 1.10 bits per heavy atom. The smallest absolute Gasteiger partial charge is 0.312 e. The van der Waals surface area contributed by atoms with Crippen molar-refractivity contribution in [2.45, 2.75) is 30.0 Å². The van der Waals surface area contributed by atoms with Crippen LogP contribution in [0.15, 0.2) is 78.0 Å². The number of benzene rings is 2. The van der Waals surface area contributed by atoms with E-state index in [0.717, 1.165) is 27.3 Å². The average Bonchev–Trinajstić information content (AvgIpc) is 2.73. The van der Waals surface area contributed by atoms with Crippen LogP contribution in [0, 0.1) is 6.92 Å². The Labute approximate surface area is 180 Å². The first-order valence-electron chi connectivity index (χ1n) is 9.54. The third kappa shape index (κ3) is 6.63. The maximum Gasteiger partial charge on any atom is 0.312 e. The molecule has 7 heteroatoms. The van der Waals surface area contributed by atoms with Gasteiger partial charge in [0.15, 0.2) is 0 Å². The van der Waals surface area contributed by atoms with Crippen molar-refractivity contribution in [1.29, 1.82) is 0 Å². The zero-order valence-corrected chi connectivity index (χ0v) is 17.5. The number of nitrogens with two attached hydrogens (primary N) is 1. The fourth-order valence-electron chi connectivity index (χ4n) is 2.99. The van der Waals surface area contributed by atoms with Gasteiger partial charge in [0.1, 0.15) is 0 Å². The van der Waals surface area contributed by atoms with E-state index < -0.39 is 12.1 Å². The second kappa shape index (κ2) is 10.5. The second-order valence-electron chi connectivity index (χ2n) is 6.90. The molecule has 30 heavy (non-hydrogen) atoms. The Bertz CT molecular complexity index is 994. The molecule has 0 saturated carbocycles. The predicted molar refractivity (Wildman–Crippen MR) is 120 cm³/mol. The molecule has 0 aliphatic heterocycles. The molecule has 6 nitrogen and oxygen atoms in total. The summed E-state index contributed by atoms with van der Waals surface area (Å²) in [7, 11) is 0. The van der Waals surface area contributed by atoms with E-state index in [0.29, 0.717) is 5.69 Å². The number of hydrogen-bond acceptors (Lipinski definition) is 4. The van der Waals surface area contributed by atoms with Gasteiger partial charge >= 0.3 is 6.03 Å². The van der Waals surface area contributed by atoms with Crippen LogP contribution in [-0.4, -0.2) is 16.9 Å². The molecule has 154 valence electrons. The van der Waals surface area contributed by atoms with Gasteiger partial charge in [0.05, 0.1) is 12.5 Å². The maximum absolute atomic E-state index is 12.5. The van der Waals surface area contributed by atoms with E-state index in [1.807, 2.05) is 73.8 Å². The number of primary amides is 1. The van der Waals surface area contributed by atoms with Crippen LogP contribution in [0.3, 0.4) is 0 Å². The van der Waals surface area contributed by atoms with Gasteiger partial charge in [-0.1, -0.05) is 35.9 Å². The molecule has 1 heterocycles. The van der Waals surface area contributed by atoms with Crippen molar-refractivity contribution in [3.05, 3.63) is 89.7 Å². The number of urea groups is 1. The zero-order valence-electron chi connectivity index (χ0n) is 16.7. The number of thioether (sulfide) groups is 1. The van der Waals surface area contributed by atoms with E-state index in [4.69, 9.17) is 5.73 Å². The predicted octanol–water partition coefficient (Wildman–Crippen LogP) is 4.42. The first-order chi connectivity index (χ1) is 14.5.